The third-order valence-corrected chi connectivity index (χ3v) is 5.76. The number of carbonyl (C=O) groups is 1. The smallest absolute Gasteiger partial charge is 0.315 e. The van der Waals surface area contributed by atoms with Gasteiger partial charge in [-0.1, -0.05) is 17.3 Å². The lowest BCUT2D eigenvalue weighted by Crippen LogP contribution is -2.20. The zero-order chi connectivity index (χ0) is 23.9. The lowest BCUT2D eigenvalue weighted by atomic mass is 9.95. The first-order valence-electron chi connectivity index (χ1n) is 11.6. The molecule has 1 aliphatic rings. The highest BCUT2D eigenvalue weighted by atomic mass is 16.6. The Labute approximate surface area is 199 Å². The number of hydrogen-bond acceptors (Lipinski definition) is 8. The van der Waals surface area contributed by atoms with Gasteiger partial charge in [-0.2, -0.15) is 0 Å². The van der Waals surface area contributed by atoms with Crippen molar-refractivity contribution in [1.29, 1.82) is 0 Å². The summed E-state index contributed by atoms with van der Waals surface area (Å²) in [5, 5.41) is 4.14. The molecule has 8 heteroatoms. The highest BCUT2D eigenvalue weighted by Gasteiger charge is 2.25. The van der Waals surface area contributed by atoms with Crippen molar-refractivity contribution in [1.82, 2.24) is 19.9 Å². The summed E-state index contributed by atoms with van der Waals surface area (Å²) in [6.07, 6.45) is 5.60. The van der Waals surface area contributed by atoms with Crippen molar-refractivity contribution in [3.05, 3.63) is 71.1 Å². The standard InChI is InChI=1S/C26H29N5O3/c1-4-34-26(32)19(20-10-7-12-22(29-20)21-11-5-8-17(2)28-21)14-15-24-27-16-18-9-6-13-23(31-33-3)25(18)30-24/h5,7-8,10-12,16,19H,4,6,9,13-15H2,1-3H3. The molecule has 0 saturated heterocycles. The van der Waals surface area contributed by atoms with Gasteiger partial charge < -0.3 is 9.57 Å². The van der Waals surface area contributed by atoms with Gasteiger partial charge in [0.05, 0.1) is 35.3 Å². The Morgan fingerprint density at radius 3 is 2.65 bits per heavy atom. The lowest BCUT2D eigenvalue weighted by molar-refractivity contribution is -0.145. The molecule has 1 atom stereocenters. The monoisotopic (exact) mass is 459 g/mol. The van der Waals surface area contributed by atoms with Gasteiger partial charge in [-0.25, -0.2) is 9.97 Å². The van der Waals surface area contributed by atoms with Gasteiger partial charge in [0.1, 0.15) is 18.6 Å². The second-order valence-electron chi connectivity index (χ2n) is 8.19. The van der Waals surface area contributed by atoms with Crippen LogP contribution in [0.3, 0.4) is 0 Å². The van der Waals surface area contributed by atoms with E-state index in [4.69, 9.17) is 19.5 Å². The second-order valence-corrected chi connectivity index (χ2v) is 8.19. The molecule has 1 unspecified atom stereocenters. The van der Waals surface area contributed by atoms with Gasteiger partial charge in [-0.15, -0.1) is 0 Å². The Balaban J connectivity index is 1.59. The van der Waals surface area contributed by atoms with Gasteiger partial charge in [-0.3, -0.25) is 14.8 Å². The number of aryl methyl sites for hydroxylation is 3. The molecule has 0 N–H and O–H groups in total. The quantitative estimate of drug-likeness (QED) is 0.367. The first kappa shape index (κ1) is 23.5. The Morgan fingerprint density at radius 2 is 1.88 bits per heavy atom. The number of carbonyl (C=O) groups excluding carboxylic acids is 1. The van der Waals surface area contributed by atoms with Gasteiger partial charge in [0.25, 0.3) is 0 Å². The van der Waals surface area contributed by atoms with Crippen LogP contribution in [-0.2, 0) is 27.2 Å². The molecule has 3 aromatic heterocycles. The third-order valence-electron chi connectivity index (χ3n) is 5.76. The molecule has 0 bridgehead atoms. The summed E-state index contributed by atoms with van der Waals surface area (Å²) in [6.45, 7) is 4.05. The van der Waals surface area contributed by atoms with Crippen molar-refractivity contribution in [2.75, 3.05) is 13.7 Å². The number of esters is 1. The minimum Gasteiger partial charge on any atom is -0.465 e. The first-order valence-corrected chi connectivity index (χ1v) is 11.6. The normalized spacial score (nSPS) is 15.0. The van der Waals surface area contributed by atoms with Gasteiger partial charge in [0.2, 0.25) is 0 Å². The molecule has 34 heavy (non-hydrogen) atoms. The highest BCUT2D eigenvalue weighted by molar-refractivity contribution is 6.00. The Hall–Kier alpha value is -3.68. The number of pyridine rings is 2. The second kappa shape index (κ2) is 11.0. The first-order chi connectivity index (χ1) is 16.6. The molecule has 1 aliphatic carbocycles. The van der Waals surface area contributed by atoms with E-state index < -0.39 is 5.92 Å². The molecule has 0 amide bonds. The Morgan fingerprint density at radius 1 is 1.09 bits per heavy atom. The van der Waals surface area contributed by atoms with Crippen LogP contribution < -0.4 is 0 Å². The molecular formula is C26H29N5O3. The van der Waals surface area contributed by atoms with Crippen molar-refractivity contribution >= 4 is 11.7 Å². The summed E-state index contributed by atoms with van der Waals surface area (Å²) in [5.41, 5.74) is 5.82. The minimum atomic E-state index is -0.531. The molecule has 4 rings (SSSR count). The van der Waals surface area contributed by atoms with E-state index in [0.717, 1.165) is 53.3 Å². The Bertz CT molecular complexity index is 1190. The molecule has 0 aromatic carbocycles. The molecule has 8 nitrogen and oxygen atoms in total. The topological polar surface area (TPSA) is 99.5 Å². The fourth-order valence-electron chi connectivity index (χ4n) is 4.14. The van der Waals surface area contributed by atoms with E-state index in [0.29, 0.717) is 31.0 Å². The lowest BCUT2D eigenvalue weighted by Gasteiger charge is -2.18. The molecule has 3 heterocycles. The number of nitrogens with zero attached hydrogens (tertiary/aromatic N) is 5. The van der Waals surface area contributed by atoms with E-state index in [1.54, 1.807) is 14.0 Å². The van der Waals surface area contributed by atoms with Crippen molar-refractivity contribution in [2.45, 2.75) is 51.9 Å². The maximum atomic E-state index is 12.9. The molecule has 176 valence electrons. The summed E-state index contributed by atoms with van der Waals surface area (Å²) in [6, 6.07) is 11.5. The van der Waals surface area contributed by atoms with E-state index in [-0.39, 0.29) is 5.97 Å². The number of rotatable bonds is 8. The number of aromatic nitrogens is 4. The summed E-state index contributed by atoms with van der Waals surface area (Å²) in [7, 11) is 1.54. The van der Waals surface area contributed by atoms with Crippen molar-refractivity contribution in [3.63, 3.8) is 0 Å². The van der Waals surface area contributed by atoms with Crippen LogP contribution in [0.5, 0.6) is 0 Å². The van der Waals surface area contributed by atoms with Crippen LogP contribution in [0, 0.1) is 6.92 Å². The van der Waals surface area contributed by atoms with Crippen molar-refractivity contribution in [2.24, 2.45) is 5.16 Å². The molecular weight excluding hydrogens is 430 g/mol. The predicted octanol–water partition coefficient (Wildman–Crippen LogP) is 4.21. The van der Waals surface area contributed by atoms with E-state index in [1.165, 1.54) is 0 Å². The fraction of sp³-hybridized carbons (Fsp3) is 0.385. The highest BCUT2D eigenvalue weighted by Crippen LogP contribution is 2.25. The number of fused-ring (bicyclic) bond motifs is 1. The summed E-state index contributed by atoms with van der Waals surface area (Å²) < 4.78 is 5.38. The largest absolute Gasteiger partial charge is 0.465 e. The van der Waals surface area contributed by atoms with E-state index in [2.05, 4.69) is 15.1 Å². The maximum absolute atomic E-state index is 12.9. The predicted molar refractivity (Wildman–Crippen MR) is 128 cm³/mol. The molecule has 0 spiro atoms. The van der Waals surface area contributed by atoms with E-state index >= 15 is 0 Å². The van der Waals surface area contributed by atoms with Gasteiger partial charge in [0, 0.05) is 18.3 Å². The maximum Gasteiger partial charge on any atom is 0.315 e. The average molecular weight is 460 g/mol. The number of hydrogen-bond donors (Lipinski definition) is 0. The zero-order valence-electron chi connectivity index (χ0n) is 19.8. The van der Waals surface area contributed by atoms with Crippen LogP contribution in [0.4, 0.5) is 0 Å². The van der Waals surface area contributed by atoms with Gasteiger partial charge in [-0.05, 0) is 69.4 Å². The van der Waals surface area contributed by atoms with Crippen molar-refractivity contribution in [3.8, 4) is 11.4 Å². The van der Waals surface area contributed by atoms with Crippen LogP contribution >= 0.6 is 0 Å². The summed E-state index contributed by atoms with van der Waals surface area (Å²) in [4.78, 5) is 36.5. The number of oxime groups is 1. The third kappa shape index (κ3) is 5.44. The van der Waals surface area contributed by atoms with Gasteiger partial charge >= 0.3 is 5.97 Å². The average Bonchev–Trinajstić information content (AvgIpc) is 2.85. The minimum absolute atomic E-state index is 0.302. The van der Waals surface area contributed by atoms with Crippen LogP contribution in [0.1, 0.15) is 60.6 Å². The SMILES string of the molecule is CCOC(=O)C(CCc1ncc2c(n1)C(=NOC)CCC2)c1cccc(-c2cccc(C)n2)n1. The number of ether oxygens (including phenoxy) is 1. The Kier molecular flexibility index (Phi) is 7.57. The van der Waals surface area contributed by atoms with Crippen molar-refractivity contribution < 1.29 is 14.4 Å². The molecule has 0 saturated carbocycles. The fourth-order valence-corrected chi connectivity index (χ4v) is 4.14. The van der Waals surface area contributed by atoms with E-state index in [9.17, 15) is 4.79 Å². The molecule has 0 radical (unpaired) electrons. The van der Waals surface area contributed by atoms with E-state index in [1.807, 2.05) is 49.5 Å². The summed E-state index contributed by atoms with van der Waals surface area (Å²) in [5.74, 6) is -0.171. The molecule has 0 aliphatic heterocycles. The van der Waals surface area contributed by atoms with Crippen LogP contribution in [-0.4, -0.2) is 45.3 Å². The zero-order valence-corrected chi connectivity index (χ0v) is 19.8. The van der Waals surface area contributed by atoms with Crippen LogP contribution in [0.15, 0.2) is 47.8 Å². The van der Waals surface area contributed by atoms with Gasteiger partial charge in [0.15, 0.2) is 0 Å². The molecule has 0 fully saturated rings. The molecule has 3 aromatic rings. The summed E-state index contributed by atoms with van der Waals surface area (Å²) >= 11 is 0. The van der Waals surface area contributed by atoms with Crippen LogP contribution in [0.2, 0.25) is 0 Å². The van der Waals surface area contributed by atoms with Crippen LogP contribution in [0.25, 0.3) is 11.4 Å².